The number of nitrogens with zero attached hydrogens (tertiary/aromatic N) is 2. The number of benzene rings is 2. The molecule has 9 heteroatoms. The first-order valence-electron chi connectivity index (χ1n) is 7.09. The molecule has 0 spiro atoms. The molecule has 3 rings (SSSR count). The Hall–Kier alpha value is -2.45. The van der Waals surface area contributed by atoms with E-state index in [0.29, 0.717) is 17.6 Å². The number of aromatic nitrogens is 2. The quantitative estimate of drug-likeness (QED) is 0.731. The third-order valence-corrected chi connectivity index (χ3v) is 5.12. The van der Waals surface area contributed by atoms with Gasteiger partial charge in [-0.15, -0.1) is 0 Å². The highest BCUT2D eigenvalue weighted by molar-refractivity contribution is 7.92. The smallest absolute Gasteiger partial charge is 0.265 e. The molecule has 0 fully saturated rings. The normalized spacial score (nSPS) is 11.5. The van der Waals surface area contributed by atoms with Gasteiger partial charge in [-0.3, -0.25) is 9.40 Å². The van der Waals surface area contributed by atoms with E-state index in [4.69, 9.17) is 11.6 Å². The fraction of sp³-hybridized carbons (Fsp3) is 0.0625. The Bertz CT molecular complexity index is 1020. The first-order valence-corrected chi connectivity index (χ1v) is 8.95. The molecule has 25 heavy (non-hydrogen) atoms. The molecule has 0 aliphatic heterocycles. The molecule has 2 aromatic carbocycles. The maximum Gasteiger partial charge on any atom is 0.265 e. The minimum atomic E-state index is -4.28. The molecule has 0 aliphatic rings. The number of sulfonamides is 1. The molecule has 0 amide bonds. The Balaban J connectivity index is 1.81. The molecule has 1 heterocycles. The van der Waals surface area contributed by atoms with Crippen LogP contribution in [0.25, 0.3) is 0 Å². The molecule has 3 aromatic rings. The van der Waals surface area contributed by atoms with Crippen LogP contribution in [0.5, 0.6) is 0 Å². The number of anilines is 1. The van der Waals surface area contributed by atoms with Crippen molar-refractivity contribution in [3.63, 3.8) is 0 Å². The van der Waals surface area contributed by atoms with Crippen LogP contribution in [0.2, 0.25) is 5.02 Å². The average Bonchev–Trinajstić information content (AvgIpc) is 2.98. The molecular formula is C16H12ClF2N3O2S. The number of nitrogens with one attached hydrogen (secondary N) is 1. The standard InChI is InChI=1S/C16H12ClF2N3O2S/c17-14-4-2-1-3-11(14)9-22-10-13(8-20-22)21-25(23,24)16-7-12(18)5-6-15(16)19/h1-8,10,21H,9H2. The summed E-state index contributed by atoms with van der Waals surface area (Å²) in [5, 5.41) is 4.59. The highest BCUT2D eigenvalue weighted by Crippen LogP contribution is 2.21. The van der Waals surface area contributed by atoms with Gasteiger partial charge in [-0.1, -0.05) is 29.8 Å². The number of hydrogen-bond acceptors (Lipinski definition) is 3. The zero-order valence-electron chi connectivity index (χ0n) is 12.7. The molecule has 0 atom stereocenters. The Morgan fingerprint density at radius 1 is 1.16 bits per heavy atom. The SMILES string of the molecule is O=S(=O)(Nc1cnn(Cc2ccccc2Cl)c1)c1cc(F)ccc1F. The third-order valence-electron chi connectivity index (χ3n) is 3.36. The van der Waals surface area contributed by atoms with Gasteiger partial charge in [0.25, 0.3) is 10.0 Å². The minimum absolute atomic E-state index is 0.121. The van der Waals surface area contributed by atoms with Crippen LogP contribution in [-0.4, -0.2) is 18.2 Å². The van der Waals surface area contributed by atoms with Gasteiger partial charge in [0.2, 0.25) is 0 Å². The van der Waals surface area contributed by atoms with Gasteiger partial charge >= 0.3 is 0 Å². The van der Waals surface area contributed by atoms with Gasteiger partial charge in [0.1, 0.15) is 16.5 Å². The second-order valence-electron chi connectivity index (χ2n) is 5.20. The average molecular weight is 384 g/mol. The van der Waals surface area contributed by atoms with E-state index in [-0.39, 0.29) is 5.69 Å². The zero-order valence-corrected chi connectivity index (χ0v) is 14.2. The van der Waals surface area contributed by atoms with Gasteiger partial charge in [-0.2, -0.15) is 5.10 Å². The molecular weight excluding hydrogens is 372 g/mol. The second-order valence-corrected chi connectivity index (χ2v) is 7.26. The summed E-state index contributed by atoms with van der Waals surface area (Å²) >= 11 is 6.07. The molecule has 130 valence electrons. The van der Waals surface area contributed by atoms with E-state index in [1.54, 1.807) is 12.1 Å². The Morgan fingerprint density at radius 3 is 2.68 bits per heavy atom. The zero-order chi connectivity index (χ0) is 18.0. The lowest BCUT2D eigenvalue weighted by atomic mass is 10.2. The van der Waals surface area contributed by atoms with Gasteiger partial charge in [-0.25, -0.2) is 17.2 Å². The van der Waals surface area contributed by atoms with Crippen LogP contribution in [0.4, 0.5) is 14.5 Å². The Morgan fingerprint density at radius 2 is 1.92 bits per heavy atom. The summed E-state index contributed by atoms with van der Waals surface area (Å²) in [7, 11) is -4.28. The summed E-state index contributed by atoms with van der Waals surface area (Å²) in [6.45, 7) is 0.329. The van der Waals surface area contributed by atoms with Crippen LogP contribution in [0.3, 0.4) is 0 Å². The van der Waals surface area contributed by atoms with E-state index in [9.17, 15) is 17.2 Å². The van der Waals surface area contributed by atoms with Crippen molar-refractivity contribution < 1.29 is 17.2 Å². The molecule has 0 aliphatic carbocycles. The van der Waals surface area contributed by atoms with Crippen molar-refractivity contribution in [2.24, 2.45) is 0 Å². The van der Waals surface area contributed by atoms with E-state index in [2.05, 4.69) is 9.82 Å². The molecule has 0 saturated carbocycles. The molecule has 0 unspecified atom stereocenters. The summed E-state index contributed by atoms with van der Waals surface area (Å²) in [5.41, 5.74) is 0.925. The predicted molar refractivity (Wildman–Crippen MR) is 89.9 cm³/mol. The van der Waals surface area contributed by atoms with Gasteiger partial charge in [0, 0.05) is 11.2 Å². The van der Waals surface area contributed by atoms with Crippen molar-refractivity contribution in [2.45, 2.75) is 11.4 Å². The lowest BCUT2D eigenvalue weighted by Gasteiger charge is -2.07. The highest BCUT2D eigenvalue weighted by atomic mass is 35.5. The van der Waals surface area contributed by atoms with Crippen molar-refractivity contribution in [3.8, 4) is 0 Å². The van der Waals surface area contributed by atoms with Crippen LogP contribution < -0.4 is 4.72 Å². The van der Waals surface area contributed by atoms with Gasteiger partial charge < -0.3 is 0 Å². The monoisotopic (exact) mass is 383 g/mol. The van der Waals surface area contributed by atoms with Gasteiger partial charge in [-0.05, 0) is 29.8 Å². The van der Waals surface area contributed by atoms with Gasteiger partial charge in [0.05, 0.1) is 18.4 Å². The fourth-order valence-electron chi connectivity index (χ4n) is 2.20. The van der Waals surface area contributed by atoms with E-state index >= 15 is 0 Å². The van der Waals surface area contributed by atoms with Crippen LogP contribution in [0, 0.1) is 11.6 Å². The molecule has 0 bridgehead atoms. The second kappa shape index (κ2) is 6.81. The number of rotatable bonds is 5. The van der Waals surface area contributed by atoms with Crippen molar-refractivity contribution in [1.29, 1.82) is 0 Å². The van der Waals surface area contributed by atoms with Crippen LogP contribution >= 0.6 is 11.6 Å². The van der Waals surface area contributed by atoms with Crippen molar-refractivity contribution in [1.82, 2.24) is 9.78 Å². The third kappa shape index (κ3) is 3.97. The largest absolute Gasteiger partial charge is 0.276 e. The lowest BCUT2D eigenvalue weighted by Crippen LogP contribution is -2.14. The Labute approximate surface area is 147 Å². The topological polar surface area (TPSA) is 64.0 Å². The number of halogens is 3. The first kappa shape index (κ1) is 17.4. The summed E-state index contributed by atoms with van der Waals surface area (Å²) in [6, 6.07) is 9.38. The van der Waals surface area contributed by atoms with Crippen molar-refractivity contribution >= 4 is 27.3 Å². The summed E-state index contributed by atoms with van der Waals surface area (Å²) < 4.78 is 55.0. The molecule has 0 saturated heterocycles. The van der Waals surface area contributed by atoms with Crippen molar-refractivity contribution in [2.75, 3.05) is 4.72 Å². The van der Waals surface area contributed by atoms with Crippen LogP contribution in [0.15, 0.2) is 59.8 Å². The Kier molecular flexibility index (Phi) is 4.73. The highest BCUT2D eigenvalue weighted by Gasteiger charge is 2.20. The van der Waals surface area contributed by atoms with E-state index in [0.717, 1.165) is 17.7 Å². The van der Waals surface area contributed by atoms with Crippen LogP contribution in [-0.2, 0) is 16.6 Å². The van der Waals surface area contributed by atoms with E-state index in [1.807, 2.05) is 12.1 Å². The molecule has 0 radical (unpaired) electrons. The predicted octanol–water partition coefficient (Wildman–Crippen LogP) is 3.66. The first-order chi connectivity index (χ1) is 11.8. The maximum atomic E-state index is 13.7. The summed E-state index contributed by atoms with van der Waals surface area (Å²) in [4.78, 5) is -0.772. The van der Waals surface area contributed by atoms with Crippen LogP contribution in [0.1, 0.15) is 5.56 Å². The molecule has 1 aromatic heterocycles. The van der Waals surface area contributed by atoms with Gasteiger partial charge in [0.15, 0.2) is 0 Å². The lowest BCUT2D eigenvalue weighted by molar-refractivity contribution is 0.555. The number of hydrogen-bond donors (Lipinski definition) is 1. The minimum Gasteiger partial charge on any atom is -0.276 e. The van der Waals surface area contributed by atoms with Crippen molar-refractivity contribution in [3.05, 3.63) is 77.1 Å². The molecule has 1 N–H and O–H groups in total. The fourth-order valence-corrected chi connectivity index (χ4v) is 3.51. The molecule has 5 nitrogen and oxygen atoms in total. The summed E-state index contributed by atoms with van der Waals surface area (Å²) in [5.74, 6) is -1.89. The summed E-state index contributed by atoms with van der Waals surface area (Å²) in [6.07, 6.45) is 2.70. The van der Waals surface area contributed by atoms with E-state index < -0.39 is 26.6 Å². The van der Waals surface area contributed by atoms with E-state index in [1.165, 1.54) is 17.1 Å². The maximum absolute atomic E-state index is 13.7.